The zero-order chi connectivity index (χ0) is 15.4. The molecule has 0 aromatic carbocycles. The average molecular weight is 305 g/mol. The number of carbonyl (C=O) groups is 1. The molecule has 1 rings (SSSR count). The van der Waals surface area contributed by atoms with Crippen molar-refractivity contribution in [2.45, 2.75) is 58.0 Å². The fraction of sp³-hybridized carbons (Fsp3) is 0.923. The topological polar surface area (TPSA) is 92.5 Å². The van der Waals surface area contributed by atoms with Gasteiger partial charge < -0.3 is 10.6 Å². The first-order valence-electron chi connectivity index (χ1n) is 7.30. The minimum Gasteiger partial charge on any atom is -0.341 e. The van der Waals surface area contributed by atoms with E-state index in [1.165, 1.54) is 0 Å². The average Bonchev–Trinajstić information content (AvgIpc) is 2.38. The maximum absolute atomic E-state index is 12.3. The largest absolute Gasteiger partial charge is 0.341 e. The smallest absolute Gasteiger partial charge is 0.242 e. The van der Waals surface area contributed by atoms with Crippen molar-refractivity contribution in [1.82, 2.24) is 9.62 Å². The van der Waals surface area contributed by atoms with Crippen LogP contribution >= 0.6 is 0 Å². The van der Waals surface area contributed by atoms with Crippen molar-refractivity contribution in [2.75, 3.05) is 18.8 Å². The number of rotatable bonds is 6. The van der Waals surface area contributed by atoms with E-state index in [0.29, 0.717) is 32.4 Å². The predicted molar refractivity (Wildman–Crippen MR) is 79.7 cm³/mol. The first-order chi connectivity index (χ1) is 9.22. The summed E-state index contributed by atoms with van der Waals surface area (Å²) >= 11 is 0. The molecule has 7 heteroatoms. The summed E-state index contributed by atoms with van der Waals surface area (Å²) in [6, 6.07) is -0.0702. The van der Waals surface area contributed by atoms with Crippen molar-refractivity contribution >= 4 is 15.9 Å². The van der Waals surface area contributed by atoms with Gasteiger partial charge in [0.15, 0.2) is 0 Å². The lowest BCUT2D eigenvalue weighted by molar-refractivity contribution is -0.137. The Kier molecular flexibility index (Phi) is 5.97. The Hall–Kier alpha value is -0.660. The molecule has 1 aliphatic heterocycles. The molecule has 1 saturated heterocycles. The van der Waals surface area contributed by atoms with Gasteiger partial charge in [-0.25, -0.2) is 13.1 Å². The maximum atomic E-state index is 12.3. The van der Waals surface area contributed by atoms with Gasteiger partial charge in [0.1, 0.15) is 0 Å². The molecule has 0 spiro atoms. The number of hydrogen-bond acceptors (Lipinski definition) is 4. The predicted octanol–water partition coefficient (Wildman–Crippen LogP) is 0.434. The van der Waals surface area contributed by atoms with Crippen LogP contribution in [0.4, 0.5) is 0 Å². The van der Waals surface area contributed by atoms with Crippen molar-refractivity contribution in [3.63, 3.8) is 0 Å². The number of likely N-dealkylation sites (tertiary alicyclic amines) is 1. The Morgan fingerprint density at radius 1 is 1.35 bits per heavy atom. The molecule has 3 N–H and O–H groups in total. The molecule has 1 unspecified atom stereocenters. The summed E-state index contributed by atoms with van der Waals surface area (Å²) in [6.45, 7) is 6.51. The number of carbonyl (C=O) groups excluding carboxylic acids is 1. The van der Waals surface area contributed by atoms with Gasteiger partial charge >= 0.3 is 0 Å². The minimum atomic E-state index is -3.17. The fourth-order valence-electron chi connectivity index (χ4n) is 2.53. The third kappa shape index (κ3) is 4.71. The van der Waals surface area contributed by atoms with Gasteiger partial charge in [0.05, 0.1) is 11.3 Å². The molecule has 1 atom stereocenters. The molecule has 0 aromatic rings. The second kappa shape index (κ2) is 6.87. The number of nitrogens with one attached hydrogen (secondary N) is 1. The van der Waals surface area contributed by atoms with Crippen LogP contribution in [-0.4, -0.2) is 49.6 Å². The monoisotopic (exact) mass is 305 g/mol. The number of sulfonamides is 1. The lowest BCUT2D eigenvalue weighted by atomic mass is 9.94. The molecular formula is C13H27N3O3S. The standard InChI is InChI=1S/C13H27N3O3S/c1-4-8-13(3,14)12(17)16-9-6-11(7-10-16)15-20(18,19)5-2/h11,15H,4-10,14H2,1-3H3. The summed E-state index contributed by atoms with van der Waals surface area (Å²) < 4.78 is 25.7. The molecule has 1 heterocycles. The Balaban J connectivity index is 2.52. The molecule has 1 amide bonds. The Morgan fingerprint density at radius 2 is 1.90 bits per heavy atom. The number of hydrogen-bond donors (Lipinski definition) is 2. The number of nitrogens with zero attached hydrogens (tertiary/aromatic N) is 1. The van der Waals surface area contributed by atoms with Gasteiger partial charge in [-0.15, -0.1) is 0 Å². The van der Waals surface area contributed by atoms with Crippen LogP contribution in [0.15, 0.2) is 0 Å². The third-order valence-corrected chi connectivity index (χ3v) is 5.22. The van der Waals surface area contributed by atoms with E-state index < -0.39 is 15.6 Å². The van der Waals surface area contributed by atoms with E-state index in [-0.39, 0.29) is 17.7 Å². The van der Waals surface area contributed by atoms with Crippen molar-refractivity contribution in [2.24, 2.45) is 5.73 Å². The van der Waals surface area contributed by atoms with Crippen LogP contribution in [-0.2, 0) is 14.8 Å². The van der Waals surface area contributed by atoms with Crippen LogP contribution in [0.3, 0.4) is 0 Å². The summed E-state index contributed by atoms with van der Waals surface area (Å²) in [4.78, 5) is 14.1. The Bertz CT molecular complexity index is 426. The lowest BCUT2D eigenvalue weighted by Gasteiger charge is -2.36. The third-order valence-electron chi connectivity index (χ3n) is 3.77. The second-order valence-electron chi connectivity index (χ2n) is 5.76. The van der Waals surface area contributed by atoms with Gasteiger partial charge in [-0.3, -0.25) is 4.79 Å². The highest BCUT2D eigenvalue weighted by atomic mass is 32.2. The Morgan fingerprint density at radius 3 is 2.35 bits per heavy atom. The van der Waals surface area contributed by atoms with Crippen molar-refractivity contribution in [3.05, 3.63) is 0 Å². The second-order valence-corrected chi connectivity index (χ2v) is 7.80. The SMILES string of the molecule is CCCC(C)(N)C(=O)N1CCC(NS(=O)(=O)CC)CC1. The van der Waals surface area contributed by atoms with Crippen LogP contribution in [0.2, 0.25) is 0 Å². The molecule has 0 radical (unpaired) electrons. The summed E-state index contributed by atoms with van der Waals surface area (Å²) in [5.41, 5.74) is 5.24. The highest BCUT2D eigenvalue weighted by molar-refractivity contribution is 7.89. The van der Waals surface area contributed by atoms with Gasteiger partial charge in [-0.05, 0) is 33.1 Å². The number of piperidine rings is 1. The normalized spacial score (nSPS) is 20.7. The van der Waals surface area contributed by atoms with Gasteiger partial charge in [-0.2, -0.15) is 0 Å². The summed E-state index contributed by atoms with van der Waals surface area (Å²) in [5, 5.41) is 0. The number of amides is 1. The van der Waals surface area contributed by atoms with E-state index in [0.717, 1.165) is 6.42 Å². The zero-order valence-corrected chi connectivity index (χ0v) is 13.5. The van der Waals surface area contributed by atoms with E-state index in [9.17, 15) is 13.2 Å². The summed E-state index contributed by atoms with van der Waals surface area (Å²) in [6.07, 6.45) is 2.82. The summed E-state index contributed by atoms with van der Waals surface area (Å²) in [5.74, 6) is 0.0555. The van der Waals surface area contributed by atoms with E-state index in [2.05, 4.69) is 4.72 Å². The lowest BCUT2D eigenvalue weighted by Crippen LogP contribution is -2.56. The van der Waals surface area contributed by atoms with Crippen molar-refractivity contribution in [1.29, 1.82) is 0 Å². The van der Waals surface area contributed by atoms with Gasteiger partial charge in [0, 0.05) is 19.1 Å². The van der Waals surface area contributed by atoms with E-state index in [1.807, 2.05) is 6.92 Å². The van der Waals surface area contributed by atoms with E-state index >= 15 is 0 Å². The molecular weight excluding hydrogens is 278 g/mol. The zero-order valence-electron chi connectivity index (χ0n) is 12.7. The molecule has 20 heavy (non-hydrogen) atoms. The van der Waals surface area contributed by atoms with Crippen LogP contribution in [0, 0.1) is 0 Å². The first kappa shape index (κ1) is 17.4. The molecule has 0 bridgehead atoms. The van der Waals surface area contributed by atoms with Gasteiger partial charge in [0.2, 0.25) is 15.9 Å². The highest BCUT2D eigenvalue weighted by Crippen LogP contribution is 2.18. The summed E-state index contributed by atoms with van der Waals surface area (Å²) in [7, 11) is -3.17. The first-order valence-corrected chi connectivity index (χ1v) is 8.95. The van der Waals surface area contributed by atoms with Gasteiger partial charge in [-0.1, -0.05) is 13.3 Å². The molecule has 1 aliphatic rings. The molecule has 1 fully saturated rings. The fourth-order valence-corrected chi connectivity index (χ4v) is 3.44. The molecule has 6 nitrogen and oxygen atoms in total. The van der Waals surface area contributed by atoms with Crippen LogP contribution in [0.25, 0.3) is 0 Å². The van der Waals surface area contributed by atoms with Crippen LogP contribution in [0.1, 0.15) is 46.5 Å². The molecule has 0 aliphatic carbocycles. The quantitative estimate of drug-likeness (QED) is 0.744. The van der Waals surface area contributed by atoms with Crippen LogP contribution in [0.5, 0.6) is 0 Å². The Labute approximate surface area is 122 Å². The van der Waals surface area contributed by atoms with Gasteiger partial charge in [0.25, 0.3) is 0 Å². The number of nitrogens with two attached hydrogens (primary N) is 1. The molecule has 0 saturated carbocycles. The molecule has 118 valence electrons. The van der Waals surface area contributed by atoms with Crippen LogP contribution < -0.4 is 10.5 Å². The van der Waals surface area contributed by atoms with Crippen molar-refractivity contribution in [3.8, 4) is 0 Å². The van der Waals surface area contributed by atoms with E-state index in [4.69, 9.17) is 5.73 Å². The highest BCUT2D eigenvalue weighted by Gasteiger charge is 2.34. The molecule has 0 aromatic heterocycles. The van der Waals surface area contributed by atoms with E-state index in [1.54, 1.807) is 18.7 Å². The minimum absolute atomic E-state index is 0.0313. The van der Waals surface area contributed by atoms with Crippen molar-refractivity contribution < 1.29 is 13.2 Å². The maximum Gasteiger partial charge on any atom is 0.242 e.